The van der Waals surface area contributed by atoms with Gasteiger partial charge < -0.3 is 19.1 Å². The first kappa shape index (κ1) is 52.0. The number of hydrogen-bond donors (Lipinski definition) is 0. The Morgan fingerprint density at radius 3 is 1.77 bits per heavy atom. The Hall–Kier alpha value is -7.76. The van der Waals surface area contributed by atoms with Crippen LogP contribution in [0.3, 0.4) is 0 Å². The Morgan fingerprint density at radius 2 is 1.11 bits per heavy atom. The summed E-state index contributed by atoms with van der Waals surface area (Å²) < 4.78 is 12.1. The van der Waals surface area contributed by atoms with Gasteiger partial charge in [-0.15, -0.1) is 65.0 Å². The van der Waals surface area contributed by atoms with E-state index in [-0.39, 0.29) is 37.3 Å². The van der Waals surface area contributed by atoms with Gasteiger partial charge in [0.1, 0.15) is 5.82 Å². The van der Waals surface area contributed by atoms with Crippen molar-refractivity contribution in [2.75, 3.05) is 9.80 Å². The van der Waals surface area contributed by atoms with Gasteiger partial charge in [0.25, 0.3) is 0 Å². The average Bonchev–Trinajstić information content (AvgIpc) is 3.98. The summed E-state index contributed by atoms with van der Waals surface area (Å²) in [5.41, 5.74) is 16.2. The van der Waals surface area contributed by atoms with E-state index in [1.54, 1.807) is 0 Å². The van der Waals surface area contributed by atoms with Gasteiger partial charge in [0.15, 0.2) is 0 Å². The first-order chi connectivity index (χ1) is 37.6. The van der Waals surface area contributed by atoms with Crippen LogP contribution in [0.4, 0.5) is 22.7 Å². The van der Waals surface area contributed by atoms with Crippen molar-refractivity contribution < 1.29 is 25.8 Å². The van der Waals surface area contributed by atoms with E-state index in [0.29, 0.717) is 11.5 Å². The molecule has 1 aliphatic rings. The molecule has 0 spiro atoms. The van der Waals surface area contributed by atoms with Gasteiger partial charge in [-0.3, -0.25) is 0 Å². The molecule has 13 rings (SSSR count). The number of fused-ring (bicyclic) bond motifs is 8. The Balaban J connectivity index is 0.00000623. The van der Waals surface area contributed by atoms with Crippen molar-refractivity contribution in [3.63, 3.8) is 0 Å². The fraction of sp³-hybridized carbons (Fsp3) is 0.167. The fourth-order valence-corrected chi connectivity index (χ4v) is 12.8. The molecular weight excluding hydrogens is 1160 g/mol. The number of aromatic nitrogens is 2. The molecule has 1 aliphatic heterocycles. The Kier molecular flexibility index (Phi) is 13.1. The monoisotopic (exact) mass is 1220 g/mol. The van der Waals surface area contributed by atoms with Gasteiger partial charge in [-0.2, -0.15) is 6.07 Å². The molecule has 394 valence electrons. The molecule has 4 heterocycles. The number of anilines is 4. The van der Waals surface area contributed by atoms with E-state index >= 15 is 0 Å². The van der Waals surface area contributed by atoms with Crippen molar-refractivity contribution >= 4 is 76.1 Å². The summed E-state index contributed by atoms with van der Waals surface area (Å²) in [6.07, 6.45) is 1.94. The first-order valence-corrected chi connectivity index (χ1v) is 27.8. The zero-order valence-corrected chi connectivity index (χ0v) is 49.1. The largest absolute Gasteiger partial charge is 0.509 e. The van der Waals surface area contributed by atoms with E-state index in [2.05, 4.69) is 290 Å². The minimum atomic E-state index is -0.167. The van der Waals surface area contributed by atoms with Crippen LogP contribution in [0.5, 0.6) is 11.5 Å². The molecule has 0 fully saturated rings. The van der Waals surface area contributed by atoms with E-state index in [0.717, 1.165) is 72.8 Å². The van der Waals surface area contributed by atoms with E-state index in [9.17, 15) is 0 Å². The molecule has 0 saturated heterocycles. The molecule has 0 amide bonds. The molecule has 0 unspecified atom stereocenters. The number of ether oxygens (including phenoxy) is 1. The Morgan fingerprint density at radius 1 is 0.506 bits per heavy atom. The van der Waals surface area contributed by atoms with Crippen LogP contribution < -0.4 is 14.5 Å². The molecule has 0 radical (unpaired) electrons. The second-order valence-corrected chi connectivity index (χ2v) is 24.8. The zero-order valence-electron chi connectivity index (χ0n) is 46.1. The quantitative estimate of drug-likeness (QED) is 0.142. The molecule has 0 atom stereocenters. The molecular formula is C72H61N4OPtS-3. The summed E-state index contributed by atoms with van der Waals surface area (Å²) in [5.74, 6) is 2.02. The second kappa shape index (κ2) is 19.9. The van der Waals surface area contributed by atoms with Crippen molar-refractivity contribution in [1.29, 1.82) is 0 Å². The van der Waals surface area contributed by atoms with Gasteiger partial charge in [0.05, 0.1) is 0 Å². The summed E-state index contributed by atoms with van der Waals surface area (Å²) in [5, 5.41) is 4.81. The molecule has 3 aromatic heterocycles. The maximum absolute atomic E-state index is 7.26. The molecule has 5 nitrogen and oxygen atoms in total. The molecule has 0 saturated carbocycles. The van der Waals surface area contributed by atoms with Gasteiger partial charge in [-0.1, -0.05) is 201 Å². The maximum atomic E-state index is 7.26. The van der Waals surface area contributed by atoms with Gasteiger partial charge in [-0.05, 0) is 91.4 Å². The standard InChI is InChI=1S/C72H61N4OS.Pt/c1-70(2,3)49-38-39-73-65(42-49)76-62-37-36-56-55-26-16-19-33-64(55)78-69(56)67(62)57-35-34-51(44-63(57)76)77-52-41-48(66-58(71(4,5)6)29-21-30-59(66)72(7,8)9)40-50(43-52)74-45-75(61-32-18-17-31-60(61)74)68-53(46-22-12-10-13-23-46)27-20-28-54(68)47-24-14-11-15-25-47;/h10-42,45H,1-9H3;/q-3;. The van der Waals surface area contributed by atoms with Crippen LogP contribution in [0.25, 0.3) is 81.2 Å². The molecule has 9 aromatic carbocycles. The number of pyridine rings is 1. The minimum Gasteiger partial charge on any atom is -0.509 e. The molecule has 12 aromatic rings. The third-order valence-corrected chi connectivity index (χ3v) is 16.6. The van der Waals surface area contributed by atoms with Gasteiger partial charge in [0, 0.05) is 92.6 Å². The summed E-state index contributed by atoms with van der Waals surface area (Å²) in [4.78, 5) is 9.71. The molecule has 7 heteroatoms. The van der Waals surface area contributed by atoms with Gasteiger partial charge >= 0.3 is 0 Å². The number of nitrogens with zero attached hydrogens (tertiary/aromatic N) is 4. The van der Waals surface area contributed by atoms with Crippen molar-refractivity contribution in [3.05, 3.63) is 236 Å². The van der Waals surface area contributed by atoms with E-state index < -0.39 is 0 Å². The number of hydrogen-bond acceptors (Lipinski definition) is 5. The third kappa shape index (κ3) is 9.23. The Labute approximate surface area is 483 Å². The zero-order chi connectivity index (χ0) is 53.7. The van der Waals surface area contributed by atoms with Crippen LogP contribution in [0.2, 0.25) is 0 Å². The summed E-state index contributed by atoms with van der Waals surface area (Å²) in [6, 6.07) is 77.7. The van der Waals surface area contributed by atoms with Crippen LogP contribution in [0, 0.1) is 18.8 Å². The smallest absolute Gasteiger partial charge is 0.135 e. The van der Waals surface area contributed by atoms with Gasteiger partial charge in [0.2, 0.25) is 0 Å². The predicted molar refractivity (Wildman–Crippen MR) is 330 cm³/mol. The second-order valence-electron chi connectivity index (χ2n) is 23.7. The fourth-order valence-electron chi connectivity index (χ4n) is 11.6. The summed E-state index contributed by atoms with van der Waals surface area (Å²) in [7, 11) is 0. The topological polar surface area (TPSA) is 33.5 Å². The number of para-hydroxylation sites is 3. The van der Waals surface area contributed by atoms with Crippen LogP contribution in [0.1, 0.15) is 79.0 Å². The molecule has 79 heavy (non-hydrogen) atoms. The average molecular weight is 1230 g/mol. The van der Waals surface area contributed by atoms with Crippen LogP contribution in [0.15, 0.2) is 200 Å². The van der Waals surface area contributed by atoms with Crippen molar-refractivity contribution in [1.82, 2.24) is 9.55 Å². The normalized spacial score (nSPS) is 12.9. The van der Waals surface area contributed by atoms with Crippen LogP contribution in [-0.4, -0.2) is 9.55 Å². The number of benzene rings is 9. The number of rotatable bonds is 8. The first-order valence-electron chi connectivity index (χ1n) is 27.0. The third-order valence-electron chi connectivity index (χ3n) is 15.4. The summed E-state index contributed by atoms with van der Waals surface area (Å²) in [6.45, 7) is 22.9. The number of thiophene rings is 1. The molecule has 0 aliphatic carbocycles. The van der Waals surface area contributed by atoms with Crippen molar-refractivity contribution in [2.24, 2.45) is 0 Å². The van der Waals surface area contributed by atoms with Crippen molar-refractivity contribution in [2.45, 2.75) is 78.6 Å². The minimum absolute atomic E-state index is 0. The van der Waals surface area contributed by atoms with E-state index in [1.807, 2.05) is 17.5 Å². The SMILES string of the molecule is CC(C)(C)c1ccnc(-n2c3[c-]c(Oc4[c-]c(N5[CH-]N(c6c(-c7ccccc7)cccc6-c6ccccc6)c6ccccc65)cc(-c5c(C(C)(C)C)cccc5C(C)(C)C)c4)ccc3c3c4sc5ccccc5c4ccc32)c1.[Pt]. The molecule has 0 bridgehead atoms. The van der Waals surface area contributed by atoms with Crippen molar-refractivity contribution in [3.8, 4) is 50.7 Å². The van der Waals surface area contributed by atoms with E-state index in [4.69, 9.17) is 9.72 Å². The van der Waals surface area contributed by atoms with Crippen LogP contribution >= 0.6 is 11.3 Å². The Bertz CT molecular complexity index is 4200. The maximum Gasteiger partial charge on any atom is 0.135 e. The molecule has 0 N–H and O–H groups in total. The summed E-state index contributed by atoms with van der Waals surface area (Å²) >= 11 is 1.85. The van der Waals surface area contributed by atoms with E-state index in [1.165, 1.54) is 47.8 Å². The van der Waals surface area contributed by atoms with Crippen LogP contribution in [-0.2, 0) is 37.3 Å². The van der Waals surface area contributed by atoms with Gasteiger partial charge in [-0.25, -0.2) is 4.98 Å². The predicted octanol–water partition coefficient (Wildman–Crippen LogP) is 20.2.